The molecule has 0 bridgehead atoms. The van der Waals surface area contributed by atoms with Gasteiger partial charge in [-0.05, 0) is 0 Å². The molecule has 1 aliphatic heterocycles. The number of ether oxygens (including phenoxy) is 1. The second-order valence-corrected chi connectivity index (χ2v) is 7.71. The Labute approximate surface area is 139 Å². The van der Waals surface area contributed by atoms with Crippen molar-refractivity contribution < 1.29 is 11.7 Å². The number of anilines is 1. The van der Waals surface area contributed by atoms with E-state index in [9.17, 15) is 4.79 Å². The summed E-state index contributed by atoms with van der Waals surface area (Å²) in [5.41, 5.74) is 2.06. The van der Waals surface area contributed by atoms with Crippen LogP contribution in [0.25, 0.3) is 0 Å². The van der Waals surface area contributed by atoms with E-state index in [1.165, 1.54) is 16.9 Å². The normalized spacial score (nSPS) is 13.5. The minimum atomic E-state index is -0.370. The Balaban J connectivity index is 2.31. The molecule has 0 N–H and O–H groups in total. The molecule has 2 rings (SSSR count). The molecule has 5 nitrogen and oxygen atoms in total. The zero-order chi connectivity index (χ0) is 14.7. The molecule has 1 aliphatic rings. The fraction of sp³-hybridized carbons (Fsp3) is 0.308. The van der Waals surface area contributed by atoms with Crippen LogP contribution in [0.3, 0.4) is 0 Å². The fourth-order valence-corrected chi connectivity index (χ4v) is 3.93. The molecule has 1 heterocycles. The van der Waals surface area contributed by atoms with E-state index in [0.29, 0.717) is 38.4 Å². The molecule has 0 unspecified atom stereocenters. The summed E-state index contributed by atoms with van der Waals surface area (Å²) in [4.78, 5) is 16.3. The van der Waals surface area contributed by atoms with Crippen LogP contribution in [-0.2, 0) is 8.55 Å². The number of amides is 1. The average molecular weight is 484 g/mol. The molecule has 1 amide bonds. The van der Waals surface area contributed by atoms with Gasteiger partial charge in [0.15, 0.2) is 0 Å². The van der Waals surface area contributed by atoms with Crippen molar-refractivity contribution in [1.82, 2.24) is 4.90 Å². The van der Waals surface area contributed by atoms with E-state index in [4.69, 9.17) is 6.87 Å². The standard InChI is InChI=1S/C13H16N2O3S.Tl/c1-14(2)13(16)18-12-6-4-5-11-10(12)7-9(19-17)8-15(11)3;/h4-6,8,17H,7H2,1-3H3;/q;+1/p-1. The van der Waals surface area contributed by atoms with E-state index in [0.717, 1.165) is 16.2 Å². The van der Waals surface area contributed by atoms with Gasteiger partial charge in [-0.15, -0.1) is 0 Å². The molecule has 0 radical (unpaired) electrons. The van der Waals surface area contributed by atoms with Crippen molar-refractivity contribution in [2.75, 3.05) is 26.0 Å². The summed E-state index contributed by atoms with van der Waals surface area (Å²) in [7, 11) is 5.31. The van der Waals surface area contributed by atoms with Gasteiger partial charge in [-0.1, -0.05) is 0 Å². The molecule has 0 aliphatic carbocycles. The fourth-order valence-electron chi connectivity index (χ4n) is 1.96. The van der Waals surface area contributed by atoms with Crippen molar-refractivity contribution in [3.05, 3.63) is 34.9 Å². The quantitative estimate of drug-likeness (QED) is 0.488. The van der Waals surface area contributed by atoms with Crippen molar-refractivity contribution in [2.45, 2.75) is 6.42 Å². The molecule has 104 valence electrons. The van der Waals surface area contributed by atoms with E-state index in [1.807, 2.05) is 36.3 Å². The Morgan fingerprint density at radius 3 is 2.85 bits per heavy atom. The monoisotopic (exact) mass is 484 g/mol. The van der Waals surface area contributed by atoms with Gasteiger partial charge in [0.25, 0.3) is 0 Å². The van der Waals surface area contributed by atoms with Crippen LogP contribution in [0.4, 0.5) is 10.5 Å². The summed E-state index contributed by atoms with van der Waals surface area (Å²) in [5.74, 6) is 0.607. The van der Waals surface area contributed by atoms with Gasteiger partial charge in [-0.2, -0.15) is 0 Å². The molecule has 0 saturated carbocycles. The SMILES string of the molecule is CN(C)C(=O)Oc1cccc2c1CC(S[O][Tl])=CN2C. The van der Waals surface area contributed by atoms with Crippen LogP contribution in [0.5, 0.6) is 5.75 Å². The molecule has 0 aromatic heterocycles. The third-order valence-electron chi connectivity index (χ3n) is 2.89. The van der Waals surface area contributed by atoms with Gasteiger partial charge in [-0.3, -0.25) is 0 Å². The number of fused-ring (bicyclic) bond motifs is 1. The number of hydrogen-bond acceptors (Lipinski definition) is 5. The number of rotatable bonds is 3. The summed E-state index contributed by atoms with van der Waals surface area (Å²) < 4.78 is 10.7. The first kappa shape index (κ1) is 15.6. The number of nitrogens with zero attached hydrogens (tertiary/aromatic N) is 2. The van der Waals surface area contributed by atoms with Gasteiger partial charge in [0.05, 0.1) is 0 Å². The first-order chi connectivity index (χ1) is 9.52. The zero-order valence-electron chi connectivity index (χ0n) is 11.6. The minimum absolute atomic E-state index is 0.370. The van der Waals surface area contributed by atoms with Crippen LogP contribution >= 0.6 is 12.0 Å². The Morgan fingerprint density at radius 2 is 2.20 bits per heavy atom. The number of hydrogen-bond donors (Lipinski definition) is 0. The molecule has 1 aromatic carbocycles. The van der Waals surface area contributed by atoms with Gasteiger partial charge in [-0.25, -0.2) is 0 Å². The van der Waals surface area contributed by atoms with Gasteiger partial charge in [0.2, 0.25) is 0 Å². The molecule has 0 atom stereocenters. The van der Waals surface area contributed by atoms with Gasteiger partial charge in [0, 0.05) is 0 Å². The summed E-state index contributed by atoms with van der Waals surface area (Å²) >= 11 is 1.88. The Morgan fingerprint density at radius 1 is 1.45 bits per heavy atom. The summed E-state index contributed by atoms with van der Waals surface area (Å²) in [6.45, 7) is 0. The van der Waals surface area contributed by atoms with Gasteiger partial charge >= 0.3 is 140 Å². The molecular weight excluding hydrogens is 469 g/mol. The van der Waals surface area contributed by atoms with E-state index >= 15 is 0 Å². The number of allylic oxidation sites excluding steroid dienone is 1. The molecule has 1 aromatic rings. The van der Waals surface area contributed by atoms with E-state index in [1.54, 1.807) is 14.1 Å². The Bertz CT molecular complexity index is 548. The van der Waals surface area contributed by atoms with Gasteiger partial charge < -0.3 is 0 Å². The van der Waals surface area contributed by atoms with E-state index in [-0.39, 0.29) is 6.09 Å². The van der Waals surface area contributed by atoms with Crippen molar-refractivity contribution in [3.8, 4) is 5.75 Å². The average Bonchev–Trinajstić information content (AvgIpc) is 2.40. The van der Waals surface area contributed by atoms with Crippen molar-refractivity contribution in [3.63, 3.8) is 0 Å². The van der Waals surface area contributed by atoms with E-state index < -0.39 is 0 Å². The number of benzene rings is 1. The summed E-state index contributed by atoms with van der Waals surface area (Å²) in [5, 5.41) is 0. The number of carbonyl (C=O) groups is 1. The maximum absolute atomic E-state index is 11.7. The Kier molecular flexibility index (Phi) is 5.33. The van der Waals surface area contributed by atoms with Crippen LogP contribution in [0.2, 0.25) is 0 Å². The molecule has 0 spiro atoms. The number of carbonyl (C=O) groups excluding carboxylic acids is 1. The van der Waals surface area contributed by atoms with Crippen molar-refractivity contribution in [1.29, 1.82) is 0 Å². The van der Waals surface area contributed by atoms with Crippen LogP contribution in [0.15, 0.2) is 29.3 Å². The molecule has 20 heavy (non-hydrogen) atoms. The first-order valence-corrected chi connectivity index (χ1v) is 8.58. The Hall–Kier alpha value is -0.738. The van der Waals surface area contributed by atoms with Gasteiger partial charge in [0.1, 0.15) is 0 Å². The van der Waals surface area contributed by atoms with Crippen LogP contribution in [0.1, 0.15) is 5.56 Å². The third kappa shape index (κ3) is 3.47. The third-order valence-corrected chi connectivity index (χ3v) is 4.58. The second kappa shape index (κ2) is 6.81. The predicted octanol–water partition coefficient (Wildman–Crippen LogP) is 2.33. The zero-order valence-corrected chi connectivity index (χ0v) is 16.9. The van der Waals surface area contributed by atoms with Crippen molar-refractivity contribution in [2.24, 2.45) is 0 Å². The molecule has 7 heteroatoms. The molecular formula is C13H15N2O3STl. The second-order valence-electron chi connectivity index (χ2n) is 4.58. The topological polar surface area (TPSA) is 42.0 Å². The predicted molar refractivity (Wildman–Crippen MR) is 80.8 cm³/mol. The van der Waals surface area contributed by atoms with Crippen LogP contribution < -0.4 is 9.64 Å². The maximum atomic E-state index is 11.7. The first-order valence-electron chi connectivity index (χ1n) is 6.01. The molecule has 0 fully saturated rings. The summed E-state index contributed by atoms with van der Waals surface area (Å²) in [6, 6.07) is 5.73. The van der Waals surface area contributed by atoms with Crippen molar-refractivity contribution >= 4 is 50.0 Å². The van der Waals surface area contributed by atoms with Crippen LogP contribution in [0, 0.1) is 0 Å². The molecule has 0 saturated heterocycles. The van der Waals surface area contributed by atoms with E-state index in [2.05, 4.69) is 0 Å². The summed E-state index contributed by atoms with van der Waals surface area (Å²) in [6.07, 6.45) is 2.39. The van der Waals surface area contributed by atoms with Crippen LogP contribution in [-0.4, -0.2) is 58.4 Å².